The minimum atomic E-state index is 0.286. The van der Waals surface area contributed by atoms with Crippen LogP contribution in [0.2, 0.25) is 0 Å². The Morgan fingerprint density at radius 2 is 1.96 bits per heavy atom. The molecule has 1 aromatic heterocycles. The van der Waals surface area contributed by atoms with Gasteiger partial charge in [-0.1, -0.05) is 30.3 Å². The van der Waals surface area contributed by atoms with E-state index in [9.17, 15) is 0 Å². The van der Waals surface area contributed by atoms with Crippen molar-refractivity contribution in [2.45, 2.75) is 33.0 Å². The summed E-state index contributed by atoms with van der Waals surface area (Å²) in [5.41, 5.74) is 2.07. The number of benzene rings is 2. The third kappa shape index (κ3) is 4.03. The zero-order chi connectivity index (χ0) is 18.6. The van der Waals surface area contributed by atoms with E-state index in [1.807, 2.05) is 44.2 Å². The van der Waals surface area contributed by atoms with E-state index in [2.05, 4.69) is 28.1 Å². The van der Waals surface area contributed by atoms with Crippen LogP contribution in [0.15, 0.2) is 48.5 Å². The molecule has 0 unspecified atom stereocenters. The fraction of sp³-hybridized carbons (Fsp3) is 0.364. The first kappa shape index (κ1) is 17.7. The highest BCUT2D eigenvalue weighted by Crippen LogP contribution is 2.30. The molecule has 1 aliphatic rings. The summed E-state index contributed by atoms with van der Waals surface area (Å²) in [6.07, 6.45) is 1.32. The summed E-state index contributed by atoms with van der Waals surface area (Å²) < 4.78 is 11.7. The molecule has 1 aliphatic heterocycles. The van der Waals surface area contributed by atoms with E-state index in [1.165, 1.54) is 0 Å². The van der Waals surface area contributed by atoms with E-state index in [1.54, 1.807) is 0 Å². The van der Waals surface area contributed by atoms with Gasteiger partial charge in [-0.15, -0.1) is 0 Å². The molecule has 5 heteroatoms. The number of nitrogens with zero attached hydrogens (tertiary/aromatic N) is 3. The van der Waals surface area contributed by atoms with E-state index < -0.39 is 0 Å². The first-order chi connectivity index (χ1) is 13.2. The fourth-order valence-corrected chi connectivity index (χ4v) is 3.57. The van der Waals surface area contributed by atoms with E-state index in [0.717, 1.165) is 60.0 Å². The lowest BCUT2D eigenvalue weighted by Gasteiger charge is -2.20. The van der Waals surface area contributed by atoms with Crippen LogP contribution in [0.25, 0.3) is 10.9 Å². The van der Waals surface area contributed by atoms with Gasteiger partial charge in [0, 0.05) is 31.1 Å². The van der Waals surface area contributed by atoms with Crippen molar-refractivity contribution in [3.63, 3.8) is 0 Å². The summed E-state index contributed by atoms with van der Waals surface area (Å²) in [7, 11) is 0. The standard InChI is InChI=1S/C22H25N3O2/c1-3-26-19-11-12-25(14-19)22-20-10-9-18(13-21(20)23-16(2)24-22)27-15-17-7-5-4-6-8-17/h4-10,13,19H,3,11-12,14-15H2,1-2H3/t19-/m0/s1. The van der Waals surface area contributed by atoms with Crippen molar-refractivity contribution in [3.05, 3.63) is 59.9 Å². The molecule has 140 valence electrons. The highest BCUT2D eigenvalue weighted by Gasteiger charge is 2.25. The minimum Gasteiger partial charge on any atom is -0.489 e. The number of hydrogen-bond donors (Lipinski definition) is 0. The van der Waals surface area contributed by atoms with Crippen LogP contribution in [0, 0.1) is 6.92 Å². The van der Waals surface area contributed by atoms with Crippen LogP contribution >= 0.6 is 0 Å². The lowest BCUT2D eigenvalue weighted by molar-refractivity contribution is 0.0787. The Labute approximate surface area is 160 Å². The zero-order valence-electron chi connectivity index (χ0n) is 15.9. The van der Waals surface area contributed by atoms with Crippen molar-refractivity contribution < 1.29 is 9.47 Å². The molecule has 0 bridgehead atoms. The maximum atomic E-state index is 5.96. The second-order valence-electron chi connectivity index (χ2n) is 6.86. The van der Waals surface area contributed by atoms with Gasteiger partial charge in [0.1, 0.15) is 24.0 Å². The van der Waals surface area contributed by atoms with Gasteiger partial charge in [0.25, 0.3) is 0 Å². The molecule has 5 nitrogen and oxygen atoms in total. The normalized spacial score (nSPS) is 16.8. The van der Waals surface area contributed by atoms with Gasteiger partial charge in [-0.3, -0.25) is 0 Å². The molecule has 0 amide bonds. The van der Waals surface area contributed by atoms with Crippen LogP contribution in [0.3, 0.4) is 0 Å². The zero-order valence-corrected chi connectivity index (χ0v) is 15.9. The van der Waals surface area contributed by atoms with Crippen LogP contribution < -0.4 is 9.64 Å². The molecular weight excluding hydrogens is 338 g/mol. The number of fused-ring (bicyclic) bond motifs is 1. The van der Waals surface area contributed by atoms with Crippen LogP contribution in [-0.4, -0.2) is 35.8 Å². The van der Waals surface area contributed by atoms with Gasteiger partial charge in [-0.25, -0.2) is 9.97 Å². The molecule has 3 aromatic rings. The largest absolute Gasteiger partial charge is 0.489 e. The Morgan fingerprint density at radius 3 is 2.78 bits per heavy atom. The Hall–Kier alpha value is -2.66. The first-order valence-corrected chi connectivity index (χ1v) is 9.54. The van der Waals surface area contributed by atoms with Crippen molar-refractivity contribution in [3.8, 4) is 5.75 Å². The average molecular weight is 363 g/mol. The topological polar surface area (TPSA) is 47.5 Å². The molecule has 0 spiro atoms. The molecule has 4 rings (SSSR count). The van der Waals surface area contributed by atoms with Crippen molar-refractivity contribution in [2.24, 2.45) is 0 Å². The molecule has 1 fully saturated rings. The van der Waals surface area contributed by atoms with Gasteiger partial charge in [0.15, 0.2) is 0 Å². The Morgan fingerprint density at radius 1 is 1.11 bits per heavy atom. The molecule has 0 saturated carbocycles. The molecule has 1 atom stereocenters. The monoisotopic (exact) mass is 363 g/mol. The number of hydrogen-bond acceptors (Lipinski definition) is 5. The quantitative estimate of drug-likeness (QED) is 0.659. The number of rotatable bonds is 6. The summed E-state index contributed by atoms with van der Waals surface area (Å²) in [5.74, 6) is 2.59. The van der Waals surface area contributed by atoms with Crippen LogP contribution in [0.1, 0.15) is 24.7 Å². The number of ether oxygens (including phenoxy) is 2. The van der Waals surface area contributed by atoms with Crippen LogP contribution in [-0.2, 0) is 11.3 Å². The van der Waals surface area contributed by atoms with Crippen molar-refractivity contribution in [1.29, 1.82) is 0 Å². The maximum Gasteiger partial charge on any atom is 0.140 e. The molecule has 2 aromatic carbocycles. The van der Waals surface area contributed by atoms with E-state index in [-0.39, 0.29) is 6.10 Å². The fourth-order valence-electron chi connectivity index (χ4n) is 3.57. The van der Waals surface area contributed by atoms with Crippen LogP contribution in [0.5, 0.6) is 5.75 Å². The highest BCUT2D eigenvalue weighted by molar-refractivity contribution is 5.90. The van der Waals surface area contributed by atoms with Gasteiger partial charge in [0.2, 0.25) is 0 Å². The smallest absolute Gasteiger partial charge is 0.140 e. The summed E-state index contributed by atoms with van der Waals surface area (Å²) in [6, 6.07) is 16.3. The van der Waals surface area contributed by atoms with Crippen LogP contribution in [0.4, 0.5) is 5.82 Å². The number of aromatic nitrogens is 2. The van der Waals surface area contributed by atoms with Crippen molar-refractivity contribution in [2.75, 3.05) is 24.6 Å². The Balaban J connectivity index is 1.57. The molecule has 1 saturated heterocycles. The predicted molar refractivity (Wildman–Crippen MR) is 107 cm³/mol. The Bertz CT molecular complexity index is 914. The third-order valence-corrected chi connectivity index (χ3v) is 4.86. The summed E-state index contributed by atoms with van der Waals surface area (Å²) in [4.78, 5) is 11.7. The third-order valence-electron chi connectivity index (χ3n) is 4.86. The van der Waals surface area contributed by atoms with Gasteiger partial charge < -0.3 is 14.4 Å². The number of anilines is 1. The van der Waals surface area contributed by atoms with Gasteiger partial charge in [0.05, 0.1) is 11.6 Å². The highest BCUT2D eigenvalue weighted by atomic mass is 16.5. The predicted octanol–water partition coefficient (Wildman–Crippen LogP) is 4.13. The van der Waals surface area contributed by atoms with E-state index in [0.29, 0.717) is 6.61 Å². The summed E-state index contributed by atoms with van der Waals surface area (Å²) in [6.45, 7) is 7.13. The molecule has 0 radical (unpaired) electrons. The molecule has 2 heterocycles. The maximum absolute atomic E-state index is 5.96. The minimum absolute atomic E-state index is 0.286. The second kappa shape index (κ2) is 7.92. The number of aryl methyl sites for hydroxylation is 1. The van der Waals surface area contributed by atoms with E-state index >= 15 is 0 Å². The van der Waals surface area contributed by atoms with E-state index in [4.69, 9.17) is 14.5 Å². The SMILES string of the molecule is CCO[C@H]1CCN(c2nc(C)nc3cc(OCc4ccccc4)ccc23)C1. The molecule has 0 N–H and O–H groups in total. The molecule has 0 aliphatic carbocycles. The summed E-state index contributed by atoms with van der Waals surface area (Å²) >= 11 is 0. The average Bonchev–Trinajstić information content (AvgIpc) is 3.15. The van der Waals surface area contributed by atoms with Crippen molar-refractivity contribution in [1.82, 2.24) is 9.97 Å². The van der Waals surface area contributed by atoms with Gasteiger partial charge in [-0.05, 0) is 38.0 Å². The lowest BCUT2D eigenvalue weighted by Crippen LogP contribution is -2.24. The molecule has 27 heavy (non-hydrogen) atoms. The van der Waals surface area contributed by atoms with Crippen molar-refractivity contribution >= 4 is 16.7 Å². The van der Waals surface area contributed by atoms with Gasteiger partial charge in [-0.2, -0.15) is 0 Å². The summed E-state index contributed by atoms with van der Waals surface area (Å²) in [5, 5.41) is 1.06. The second-order valence-corrected chi connectivity index (χ2v) is 6.86. The lowest BCUT2D eigenvalue weighted by atomic mass is 10.2. The Kier molecular flexibility index (Phi) is 5.21. The van der Waals surface area contributed by atoms with Gasteiger partial charge >= 0.3 is 0 Å². The first-order valence-electron chi connectivity index (χ1n) is 9.54. The molecular formula is C22H25N3O2.